The minimum Gasteiger partial charge on any atom is -0.506 e. The smallest absolute Gasteiger partial charge is 0.298 e. The van der Waals surface area contributed by atoms with E-state index in [0.717, 1.165) is 38.2 Å². The van der Waals surface area contributed by atoms with Crippen LogP contribution in [0.3, 0.4) is 0 Å². The first kappa shape index (κ1) is 22.6. The van der Waals surface area contributed by atoms with E-state index in [4.69, 9.17) is 0 Å². The summed E-state index contributed by atoms with van der Waals surface area (Å²) >= 11 is 0. The molecule has 0 heterocycles. The first-order chi connectivity index (χ1) is 13.1. The van der Waals surface area contributed by atoms with E-state index < -0.39 is 32.0 Å². The quantitative estimate of drug-likeness (QED) is 0.447. The Kier molecular flexibility index (Phi) is 7.04. The Labute approximate surface area is 167 Å². The van der Waals surface area contributed by atoms with Crippen LogP contribution in [0.25, 0.3) is 0 Å². The predicted octanol–water partition coefficient (Wildman–Crippen LogP) is 4.80. The van der Waals surface area contributed by atoms with Crippen LogP contribution in [0.15, 0.2) is 17.0 Å². The normalized spacial score (nSPS) is 19.9. The Morgan fingerprint density at radius 1 is 1.07 bits per heavy atom. The number of fused-ring (bicyclic) bond motifs is 1. The fourth-order valence-corrected chi connectivity index (χ4v) is 4.72. The van der Waals surface area contributed by atoms with E-state index in [0.29, 0.717) is 6.42 Å². The highest BCUT2D eigenvalue weighted by Crippen LogP contribution is 2.48. The van der Waals surface area contributed by atoms with Crippen molar-refractivity contribution < 1.29 is 27.7 Å². The number of aromatic hydroxyl groups is 1. The summed E-state index contributed by atoms with van der Waals surface area (Å²) in [4.78, 5) is 25.4. The summed E-state index contributed by atoms with van der Waals surface area (Å²) in [7, 11) is -4.71. The van der Waals surface area contributed by atoms with Crippen molar-refractivity contribution in [3.8, 4) is 5.75 Å². The van der Waals surface area contributed by atoms with Gasteiger partial charge >= 0.3 is 0 Å². The molecule has 6 nitrogen and oxygen atoms in total. The number of unbranched alkanes of at least 4 members (excludes halogenated alkanes) is 5. The summed E-state index contributed by atoms with van der Waals surface area (Å²) in [6.45, 7) is 5.89. The van der Waals surface area contributed by atoms with Crippen molar-refractivity contribution in [3.63, 3.8) is 0 Å². The lowest BCUT2D eigenvalue weighted by Crippen LogP contribution is -2.43. The molecule has 156 valence electrons. The highest BCUT2D eigenvalue weighted by atomic mass is 32.2. The third-order valence-electron chi connectivity index (χ3n) is 5.96. The average Bonchev–Trinajstić information content (AvgIpc) is 2.60. The summed E-state index contributed by atoms with van der Waals surface area (Å²) in [6.07, 6.45) is 6.83. The van der Waals surface area contributed by atoms with Crippen LogP contribution in [-0.2, 0) is 10.1 Å². The van der Waals surface area contributed by atoms with Crippen molar-refractivity contribution in [2.45, 2.75) is 77.0 Å². The van der Waals surface area contributed by atoms with Crippen LogP contribution in [0.5, 0.6) is 5.75 Å². The molecule has 1 atom stereocenters. The molecular weight excluding hydrogens is 380 g/mol. The largest absolute Gasteiger partial charge is 0.506 e. The first-order valence-corrected chi connectivity index (χ1v) is 11.4. The van der Waals surface area contributed by atoms with E-state index in [1.54, 1.807) is 0 Å². The molecule has 0 saturated carbocycles. The van der Waals surface area contributed by atoms with E-state index in [2.05, 4.69) is 6.92 Å². The van der Waals surface area contributed by atoms with Crippen molar-refractivity contribution in [2.24, 2.45) is 11.3 Å². The second kappa shape index (κ2) is 8.74. The standard InChI is InChI=1S/C21H30O6S/c1-4-5-6-7-8-9-12-21(14(2)3)13-16(22)15-10-11-17(28(25,26)27)19(23)18(15)20(21)24/h10-11,14,23H,4-9,12-13H2,1-3H3,(H,25,26,27). The summed E-state index contributed by atoms with van der Waals surface area (Å²) in [5.41, 5.74) is -1.22. The van der Waals surface area contributed by atoms with Gasteiger partial charge in [-0.05, 0) is 24.5 Å². The monoisotopic (exact) mass is 410 g/mol. The number of benzene rings is 1. The second-order valence-corrected chi connectivity index (χ2v) is 9.46. The number of rotatable bonds is 9. The maximum absolute atomic E-state index is 13.4. The molecule has 0 amide bonds. The van der Waals surface area contributed by atoms with Crippen molar-refractivity contribution in [1.29, 1.82) is 0 Å². The van der Waals surface area contributed by atoms with Gasteiger partial charge in [-0.1, -0.05) is 59.3 Å². The van der Waals surface area contributed by atoms with Crippen LogP contribution in [0, 0.1) is 11.3 Å². The molecule has 0 fully saturated rings. The van der Waals surface area contributed by atoms with E-state index in [9.17, 15) is 27.7 Å². The highest BCUT2D eigenvalue weighted by Gasteiger charge is 2.49. The van der Waals surface area contributed by atoms with Gasteiger partial charge in [0.1, 0.15) is 10.6 Å². The number of hydrogen-bond acceptors (Lipinski definition) is 5. The van der Waals surface area contributed by atoms with E-state index >= 15 is 0 Å². The van der Waals surface area contributed by atoms with Gasteiger partial charge in [-0.2, -0.15) is 8.42 Å². The van der Waals surface area contributed by atoms with Gasteiger partial charge in [0.2, 0.25) is 0 Å². The summed E-state index contributed by atoms with van der Waals surface area (Å²) in [5, 5.41) is 10.4. The predicted molar refractivity (Wildman–Crippen MR) is 106 cm³/mol. The zero-order valence-electron chi connectivity index (χ0n) is 16.8. The van der Waals surface area contributed by atoms with Crippen LogP contribution in [0.2, 0.25) is 0 Å². The van der Waals surface area contributed by atoms with Gasteiger partial charge in [-0.15, -0.1) is 0 Å². The molecule has 0 radical (unpaired) electrons. The Morgan fingerprint density at radius 3 is 2.25 bits per heavy atom. The zero-order valence-corrected chi connectivity index (χ0v) is 17.6. The Morgan fingerprint density at radius 2 is 1.68 bits per heavy atom. The van der Waals surface area contributed by atoms with Crippen molar-refractivity contribution in [2.75, 3.05) is 0 Å². The minimum atomic E-state index is -4.71. The maximum atomic E-state index is 13.4. The third-order valence-corrected chi connectivity index (χ3v) is 6.84. The van der Waals surface area contributed by atoms with Crippen LogP contribution in [0.4, 0.5) is 0 Å². The number of phenols is 1. The molecule has 1 unspecified atom stereocenters. The van der Waals surface area contributed by atoms with Crippen molar-refractivity contribution in [1.82, 2.24) is 0 Å². The van der Waals surface area contributed by atoms with E-state index in [-0.39, 0.29) is 29.2 Å². The molecule has 28 heavy (non-hydrogen) atoms. The molecule has 0 spiro atoms. The summed E-state index contributed by atoms with van der Waals surface area (Å²) in [6, 6.07) is 2.16. The maximum Gasteiger partial charge on any atom is 0.298 e. The minimum absolute atomic E-state index is 0.0223. The number of carbonyl (C=O) groups excluding carboxylic acids is 2. The lowest BCUT2D eigenvalue weighted by atomic mass is 9.61. The van der Waals surface area contributed by atoms with Gasteiger partial charge in [0.05, 0.1) is 5.56 Å². The SMILES string of the molecule is CCCCCCCCC1(C(C)C)CC(=O)c2ccc(S(=O)(=O)O)c(O)c2C1=O. The van der Waals surface area contributed by atoms with Crippen molar-refractivity contribution >= 4 is 21.7 Å². The molecule has 2 N–H and O–H groups in total. The van der Waals surface area contributed by atoms with Gasteiger partial charge in [0.15, 0.2) is 11.6 Å². The summed E-state index contributed by atoms with van der Waals surface area (Å²) < 4.78 is 32.4. The number of ketones is 2. The molecule has 0 aromatic heterocycles. The number of carbonyl (C=O) groups is 2. The molecule has 1 aromatic carbocycles. The van der Waals surface area contributed by atoms with Crippen LogP contribution >= 0.6 is 0 Å². The number of phenolic OH excluding ortho intramolecular Hbond substituents is 1. The molecule has 1 aliphatic carbocycles. The zero-order chi connectivity index (χ0) is 21.1. The van der Waals surface area contributed by atoms with Crippen molar-refractivity contribution in [3.05, 3.63) is 23.3 Å². The molecule has 1 aliphatic rings. The van der Waals surface area contributed by atoms with Gasteiger partial charge in [-0.3, -0.25) is 14.1 Å². The van der Waals surface area contributed by atoms with E-state index in [1.807, 2.05) is 13.8 Å². The van der Waals surface area contributed by atoms with Gasteiger partial charge in [0, 0.05) is 17.4 Å². The number of hydrogen-bond donors (Lipinski definition) is 2. The molecular formula is C21H30O6S. The number of Topliss-reactive ketones (excluding diaryl/α,β-unsaturated/α-hetero) is 2. The van der Waals surface area contributed by atoms with E-state index in [1.165, 1.54) is 12.5 Å². The van der Waals surface area contributed by atoms with Gasteiger partial charge in [-0.25, -0.2) is 0 Å². The highest BCUT2D eigenvalue weighted by molar-refractivity contribution is 7.86. The van der Waals surface area contributed by atoms with Crippen LogP contribution in [0.1, 0.15) is 92.9 Å². The fourth-order valence-electron chi connectivity index (χ4n) is 4.13. The molecule has 1 aromatic rings. The summed E-state index contributed by atoms with van der Waals surface area (Å²) in [5.74, 6) is -1.67. The molecule has 7 heteroatoms. The molecule has 0 bridgehead atoms. The lowest BCUT2D eigenvalue weighted by Gasteiger charge is -2.39. The first-order valence-electron chi connectivity index (χ1n) is 9.97. The Hall–Kier alpha value is -1.73. The van der Waals surface area contributed by atoms with Gasteiger partial charge in [0.25, 0.3) is 10.1 Å². The molecule has 0 aliphatic heterocycles. The third kappa shape index (κ3) is 4.30. The topological polar surface area (TPSA) is 109 Å². The average molecular weight is 411 g/mol. The molecule has 0 saturated heterocycles. The fraction of sp³-hybridized carbons (Fsp3) is 0.619. The second-order valence-electron chi connectivity index (χ2n) is 8.07. The van der Waals surface area contributed by atoms with Crippen LogP contribution < -0.4 is 0 Å². The van der Waals surface area contributed by atoms with Crippen LogP contribution in [-0.4, -0.2) is 29.6 Å². The van der Waals surface area contributed by atoms with Gasteiger partial charge < -0.3 is 5.11 Å². The lowest BCUT2D eigenvalue weighted by molar-refractivity contribution is 0.0558. The Balaban J connectivity index is 2.39. The Bertz CT molecular complexity index is 856. The molecule has 2 rings (SSSR count).